The summed E-state index contributed by atoms with van der Waals surface area (Å²) < 4.78 is 7.01. The topological polar surface area (TPSA) is 9.23 Å². The van der Waals surface area contributed by atoms with E-state index in [9.17, 15) is 0 Å². The van der Waals surface area contributed by atoms with E-state index in [4.69, 9.17) is 4.43 Å². The van der Waals surface area contributed by atoms with Gasteiger partial charge >= 0.3 is 0 Å². The van der Waals surface area contributed by atoms with Crippen molar-refractivity contribution in [3.8, 4) is 11.5 Å². The van der Waals surface area contributed by atoms with E-state index in [0.717, 1.165) is 12.8 Å². The zero-order valence-electron chi connectivity index (χ0n) is 20.4. The molecular formula is C27H44OSi2. The number of rotatable bonds is 10. The Morgan fingerprint density at radius 2 is 1.67 bits per heavy atom. The lowest BCUT2D eigenvalue weighted by molar-refractivity contribution is 0.227. The lowest BCUT2D eigenvalue weighted by atomic mass is 9.93. The predicted molar refractivity (Wildman–Crippen MR) is 139 cm³/mol. The number of hydrogen-bond acceptors (Lipinski definition) is 1. The molecule has 1 aromatic carbocycles. The fourth-order valence-electron chi connectivity index (χ4n) is 4.56. The van der Waals surface area contributed by atoms with Crippen LogP contribution in [-0.2, 0) is 4.43 Å². The molecular weight excluding hydrogens is 396 g/mol. The van der Waals surface area contributed by atoms with Gasteiger partial charge in [-0.25, -0.2) is 0 Å². The molecule has 1 atom stereocenters. The summed E-state index contributed by atoms with van der Waals surface area (Å²) in [5, 5.41) is 0. The molecule has 0 aromatic heterocycles. The van der Waals surface area contributed by atoms with Crippen molar-refractivity contribution in [1.82, 2.24) is 0 Å². The highest BCUT2D eigenvalue weighted by Crippen LogP contribution is 2.39. The van der Waals surface area contributed by atoms with Gasteiger partial charge in [-0.1, -0.05) is 70.7 Å². The molecule has 2 rings (SSSR count). The monoisotopic (exact) mass is 440 g/mol. The van der Waals surface area contributed by atoms with Gasteiger partial charge in [-0.3, -0.25) is 0 Å². The van der Waals surface area contributed by atoms with E-state index in [1.807, 2.05) is 0 Å². The normalized spacial score (nSPS) is 18.8. The van der Waals surface area contributed by atoms with Crippen LogP contribution < -0.4 is 0 Å². The molecule has 0 saturated heterocycles. The molecule has 1 aliphatic rings. The minimum atomic E-state index is -1.59. The van der Waals surface area contributed by atoms with Crippen LogP contribution in [0.4, 0.5) is 0 Å². The van der Waals surface area contributed by atoms with Crippen LogP contribution in [0.1, 0.15) is 71.3 Å². The lowest BCUT2D eigenvalue weighted by Crippen LogP contribution is -2.39. The fraction of sp³-hybridized carbons (Fsp3) is 0.630. The van der Waals surface area contributed by atoms with Crippen LogP contribution >= 0.6 is 0 Å². The van der Waals surface area contributed by atoms with E-state index in [1.165, 1.54) is 55.8 Å². The predicted octanol–water partition coefficient (Wildman–Crippen LogP) is 8.46. The van der Waals surface area contributed by atoms with Gasteiger partial charge in [0, 0.05) is 6.42 Å². The summed E-state index contributed by atoms with van der Waals surface area (Å²) in [5.74, 6) is 3.45. The van der Waals surface area contributed by atoms with Crippen molar-refractivity contribution in [2.75, 3.05) is 0 Å². The Morgan fingerprint density at radius 1 is 1.00 bits per heavy atom. The van der Waals surface area contributed by atoms with E-state index in [1.54, 1.807) is 11.1 Å². The summed E-state index contributed by atoms with van der Waals surface area (Å²) >= 11 is 0. The minimum absolute atomic E-state index is 0.360. The third-order valence-electron chi connectivity index (χ3n) is 6.58. The van der Waals surface area contributed by atoms with E-state index in [-0.39, 0.29) is 0 Å². The lowest BCUT2D eigenvalue weighted by Gasteiger charge is -2.33. The molecule has 30 heavy (non-hydrogen) atoms. The van der Waals surface area contributed by atoms with Gasteiger partial charge in [-0.2, -0.15) is 0 Å². The molecule has 0 amide bonds. The maximum absolute atomic E-state index is 7.01. The summed E-state index contributed by atoms with van der Waals surface area (Å²) in [6.45, 7) is 14.0. The average Bonchev–Trinajstić information content (AvgIpc) is 3.19. The number of benzene rings is 1. The Morgan fingerprint density at radius 3 is 2.27 bits per heavy atom. The van der Waals surface area contributed by atoms with E-state index in [0.29, 0.717) is 6.10 Å². The second-order valence-electron chi connectivity index (χ2n) is 9.87. The van der Waals surface area contributed by atoms with Crippen LogP contribution in [0.25, 0.3) is 5.57 Å². The number of unbranched alkanes of at least 4 members (excludes halogenated alkanes) is 2. The molecule has 1 nitrogen and oxygen atoms in total. The minimum Gasteiger partial charge on any atom is -0.410 e. The first-order chi connectivity index (χ1) is 14.3. The molecule has 0 radical (unpaired) electrons. The second kappa shape index (κ2) is 12.1. The molecule has 1 unspecified atom stereocenters. The smallest absolute Gasteiger partial charge is 0.192 e. The van der Waals surface area contributed by atoms with Crippen LogP contribution in [0.3, 0.4) is 0 Å². The van der Waals surface area contributed by atoms with Gasteiger partial charge in [0.2, 0.25) is 0 Å². The molecule has 1 aliphatic carbocycles. The van der Waals surface area contributed by atoms with Gasteiger partial charge < -0.3 is 4.43 Å². The Bertz CT molecular complexity index is 721. The van der Waals surface area contributed by atoms with Crippen molar-refractivity contribution in [3.05, 3.63) is 41.5 Å². The van der Waals surface area contributed by atoms with Gasteiger partial charge in [0.15, 0.2) is 8.32 Å². The van der Waals surface area contributed by atoms with Gasteiger partial charge in [0.25, 0.3) is 0 Å². The largest absolute Gasteiger partial charge is 0.410 e. The number of allylic oxidation sites excluding steroid dienone is 1. The van der Waals surface area contributed by atoms with Crippen LogP contribution in [-0.4, -0.2) is 22.5 Å². The van der Waals surface area contributed by atoms with Crippen molar-refractivity contribution in [2.45, 2.75) is 110 Å². The molecule has 166 valence electrons. The molecule has 1 fully saturated rings. The first-order valence-corrected chi connectivity index (χ1v) is 18.3. The molecule has 1 saturated carbocycles. The van der Waals surface area contributed by atoms with E-state index < -0.39 is 16.4 Å². The Kier molecular flexibility index (Phi) is 10.1. The Balaban J connectivity index is 2.18. The number of hydrogen-bond donors (Lipinski definition) is 0. The highest BCUT2D eigenvalue weighted by Gasteiger charge is 2.35. The highest BCUT2D eigenvalue weighted by molar-refractivity contribution is 6.83. The summed E-state index contributed by atoms with van der Waals surface area (Å²) in [6.07, 6.45) is 8.68. The zero-order chi connectivity index (χ0) is 22.0. The van der Waals surface area contributed by atoms with Crippen LogP contribution in [0.2, 0.25) is 37.8 Å². The highest BCUT2D eigenvalue weighted by atomic mass is 28.4. The van der Waals surface area contributed by atoms with Gasteiger partial charge in [-0.05, 0) is 73.4 Å². The fourth-order valence-corrected chi connectivity index (χ4v) is 8.08. The first-order valence-electron chi connectivity index (χ1n) is 12.3. The van der Waals surface area contributed by atoms with Crippen molar-refractivity contribution in [3.63, 3.8) is 0 Å². The summed E-state index contributed by atoms with van der Waals surface area (Å²) in [4.78, 5) is 0. The summed E-state index contributed by atoms with van der Waals surface area (Å²) in [7, 11) is -2.83. The molecule has 0 spiro atoms. The molecule has 0 N–H and O–H groups in total. The van der Waals surface area contributed by atoms with Gasteiger partial charge in [-0.15, -0.1) is 11.5 Å². The molecule has 1 aromatic rings. The SMILES string of the molecule is CC[Si](CC)(CC)OC1CCC/C1=C(/CCCCC#C[Si](C)(C)C)c1ccccc1. The van der Waals surface area contributed by atoms with Gasteiger partial charge in [0.05, 0.1) is 6.10 Å². The van der Waals surface area contributed by atoms with Crippen molar-refractivity contribution in [1.29, 1.82) is 0 Å². The van der Waals surface area contributed by atoms with Crippen molar-refractivity contribution >= 4 is 22.0 Å². The average molecular weight is 441 g/mol. The van der Waals surface area contributed by atoms with Crippen LogP contribution in [0.5, 0.6) is 0 Å². The molecule has 0 heterocycles. The Labute approximate surface area is 188 Å². The summed E-state index contributed by atoms with van der Waals surface area (Å²) in [5.41, 5.74) is 8.10. The molecule has 0 bridgehead atoms. The third-order valence-corrected chi connectivity index (χ3v) is 12.2. The van der Waals surface area contributed by atoms with Crippen molar-refractivity contribution in [2.24, 2.45) is 0 Å². The van der Waals surface area contributed by atoms with Crippen molar-refractivity contribution < 1.29 is 4.43 Å². The second-order valence-corrected chi connectivity index (χ2v) is 19.3. The maximum Gasteiger partial charge on any atom is 0.192 e. The first kappa shape index (κ1) is 25.2. The Hall–Kier alpha value is -1.09. The van der Waals surface area contributed by atoms with Crippen LogP contribution in [0, 0.1) is 11.5 Å². The zero-order valence-corrected chi connectivity index (χ0v) is 22.4. The summed E-state index contributed by atoms with van der Waals surface area (Å²) in [6, 6.07) is 14.8. The molecule has 0 aliphatic heterocycles. The maximum atomic E-state index is 7.01. The molecule has 3 heteroatoms. The van der Waals surface area contributed by atoms with E-state index in [2.05, 4.69) is 82.2 Å². The third kappa shape index (κ3) is 7.55. The quantitative estimate of drug-likeness (QED) is 0.201. The van der Waals surface area contributed by atoms with Gasteiger partial charge in [0.1, 0.15) is 8.07 Å². The van der Waals surface area contributed by atoms with E-state index >= 15 is 0 Å². The standard InChI is InChI=1S/C27H44OSi2/c1-7-30(8-2,9-3)28-27-22-17-21-26(27)25(24-18-13-12-14-19-24)20-15-10-11-16-23-29(4,5)6/h12-14,18-19,27H,7-11,15,17,20-22H2,1-6H3/b26-25+. The van der Waals surface area contributed by atoms with Crippen LogP contribution in [0.15, 0.2) is 35.9 Å².